The van der Waals surface area contributed by atoms with Crippen molar-refractivity contribution in [1.29, 1.82) is 0 Å². The van der Waals surface area contributed by atoms with E-state index in [4.69, 9.17) is 19.2 Å². The van der Waals surface area contributed by atoms with Gasteiger partial charge in [-0.1, -0.05) is 0 Å². The van der Waals surface area contributed by atoms with Crippen molar-refractivity contribution >= 4 is 28.4 Å². The molecule has 4 nitrogen and oxygen atoms in total. The molecule has 0 saturated carbocycles. The Morgan fingerprint density at radius 1 is 1.50 bits per heavy atom. The molecule has 0 fully saturated rings. The summed E-state index contributed by atoms with van der Waals surface area (Å²) < 4.78 is 8.77. The van der Waals surface area contributed by atoms with Crippen molar-refractivity contribution in [1.82, 2.24) is 0 Å². The van der Waals surface area contributed by atoms with E-state index in [9.17, 15) is 0 Å². The fourth-order valence-corrected chi connectivity index (χ4v) is 0. The summed E-state index contributed by atoms with van der Waals surface area (Å²) in [6.07, 6.45) is 0. The smallest absolute Gasteiger partial charge is 0.756 e. The fraction of sp³-hybridized carbons (Fsp3) is 0. The maximum absolute atomic E-state index is 8.77. The van der Waals surface area contributed by atoms with Crippen molar-refractivity contribution in [2.24, 2.45) is 0 Å². The van der Waals surface area contributed by atoms with Crippen molar-refractivity contribution in [3.05, 3.63) is 0 Å². The first kappa shape index (κ1) is 16.1. The molecule has 0 aliphatic rings. The first-order chi connectivity index (χ1) is 3.00. The van der Waals surface area contributed by atoms with Crippen molar-refractivity contribution < 1.29 is 38.1 Å². The van der Waals surface area contributed by atoms with Crippen LogP contribution in [0.5, 0.6) is 0 Å². The van der Waals surface area contributed by atoms with E-state index in [2.05, 4.69) is 11.6 Å². The van der Waals surface area contributed by atoms with Gasteiger partial charge in [-0.25, -0.2) is 0 Å². The largest absolute Gasteiger partial charge is 1.00 e. The van der Waals surface area contributed by atoms with Crippen molar-refractivity contribution in [3.63, 3.8) is 0 Å². The van der Waals surface area contributed by atoms with Gasteiger partial charge in [-0.3, -0.25) is 4.57 Å². The number of hydrogen-bond acceptors (Lipinski definition) is 3. The van der Waals surface area contributed by atoms with Crippen LogP contribution in [0.4, 0.5) is 0 Å². The van der Waals surface area contributed by atoms with E-state index in [1.807, 2.05) is 0 Å². The molecule has 0 radical (unpaired) electrons. The minimum Gasteiger partial charge on any atom is -0.756 e. The monoisotopic (exact) mass is 166 g/mol. The van der Waals surface area contributed by atoms with Gasteiger partial charge in [0.25, 0.3) is 7.82 Å². The molecule has 0 saturated heterocycles. The Hall–Kier alpha value is 1.14. The summed E-state index contributed by atoms with van der Waals surface area (Å²) in [4.78, 5) is 22.9. The fourth-order valence-electron chi connectivity index (χ4n) is 0. The topological polar surface area (TPSA) is 80.6 Å². The number of phosphoric acid groups is 1. The van der Waals surface area contributed by atoms with Crippen molar-refractivity contribution in [2.45, 2.75) is 0 Å². The summed E-state index contributed by atoms with van der Waals surface area (Å²) in [5, 5.41) is 0. The molecule has 0 aliphatic carbocycles. The van der Waals surface area contributed by atoms with E-state index in [0.717, 1.165) is 0 Å². The molecule has 0 aromatic carbocycles. The summed E-state index contributed by atoms with van der Waals surface area (Å²) in [5.41, 5.74) is 0. The predicted octanol–water partition coefficient (Wildman–Crippen LogP) is -4.82. The maximum atomic E-state index is 8.77. The molecule has 0 aromatic rings. The minimum atomic E-state index is -4.89. The third kappa shape index (κ3) is 206. The predicted molar refractivity (Wildman–Crippen MR) is 28.2 cm³/mol. The van der Waals surface area contributed by atoms with E-state index in [1.54, 1.807) is 0 Å². The van der Waals surface area contributed by atoms with E-state index in [0.29, 0.717) is 0 Å². The zero-order valence-electron chi connectivity index (χ0n) is 4.27. The van der Waals surface area contributed by atoms with E-state index in [-0.39, 0.29) is 18.9 Å². The van der Waals surface area contributed by atoms with Crippen LogP contribution in [-0.4, -0.2) is 18.7 Å². The first-order valence-electron chi connectivity index (χ1n) is 1.05. The Morgan fingerprint density at radius 3 is 1.50 bits per heavy atom. The molecule has 0 amide bonds. The van der Waals surface area contributed by atoms with Crippen LogP contribution in [-0.2, 0) is 4.57 Å². The summed E-state index contributed by atoms with van der Waals surface area (Å²) in [7, 11) is -3.44. The molecule has 44 valence electrons. The molecular weight excluding hydrogens is 162 g/mol. The van der Waals surface area contributed by atoms with Crippen LogP contribution < -0.4 is 23.8 Å². The molecule has 0 spiro atoms. The summed E-state index contributed by atoms with van der Waals surface area (Å²) in [6.45, 7) is 0. The van der Waals surface area contributed by atoms with Gasteiger partial charge < -0.3 is 14.7 Å². The van der Waals surface area contributed by atoms with Crippen LogP contribution in [0, 0.1) is 0 Å². The van der Waals surface area contributed by atoms with Gasteiger partial charge in [0.1, 0.15) is 0 Å². The summed E-state index contributed by atoms with van der Waals surface area (Å²) >= 11 is 4.11. The Bertz CT molecular complexity index is 71.8. The summed E-state index contributed by atoms with van der Waals surface area (Å²) in [5.74, 6) is 0. The second-order valence-electron chi connectivity index (χ2n) is 0.491. The average molecular weight is 166 g/mol. The maximum Gasteiger partial charge on any atom is 1.00 e. The molecule has 0 heterocycles. The standard InChI is InChI=1S/Li.H3O4P.H2SSi/c;1-5(2,3)4;1-2/h;(H3,1,2,3,4);2H2/q+1;;/p-1. The van der Waals surface area contributed by atoms with Crippen LogP contribution in [0.1, 0.15) is 0 Å². The van der Waals surface area contributed by atoms with E-state index in [1.165, 1.54) is 8.95 Å². The zero-order chi connectivity index (χ0) is 6.50. The van der Waals surface area contributed by atoms with Crippen LogP contribution in [0.2, 0.25) is 0 Å². The van der Waals surface area contributed by atoms with Gasteiger partial charge in [0.15, 0.2) is 0 Å². The molecule has 0 rings (SSSR count). The average Bonchev–Trinajstić information content (AvgIpc) is 1.36. The first-order valence-corrected chi connectivity index (χ1v) is 4.89. The Balaban J connectivity index is -0.0000000750. The van der Waals surface area contributed by atoms with Gasteiger partial charge in [-0.2, -0.15) is 0 Å². The zero-order valence-corrected chi connectivity index (χ0v) is 7.40. The van der Waals surface area contributed by atoms with Crippen molar-refractivity contribution in [2.75, 3.05) is 0 Å². The van der Waals surface area contributed by atoms with Gasteiger partial charge in [-0.15, -0.1) is 11.6 Å². The second-order valence-corrected chi connectivity index (χ2v) is 1.47. The molecule has 2 N–H and O–H groups in total. The third-order valence-corrected chi connectivity index (χ3v) is 0. The summed E-state index contributed by atoms with van der Waals surface area (Å²) in [6, 6.07) is 0. The molecule has 0 atom stereocenters. The Labute approximate surface area is 66.7 Å². The Kier molecular flexibility index (Phi) is 16.4. The molecule has 8 heavy (non-hydrogen) atoms. The quantitative estimate of drug-likeness (QED) is 0.279. The third-order valence-electron chi connectivity index (χ3n) is 0. The molecule has 0 aliphatic heterocycles. The molecular formula is H4LiO4PSSi. The van der Waals surface area contributed by atoms with Crippen LogP contribution >= 0.6 is 19.4 Å². The molecule has 0 aromatic heterocycles. The van der Waals surface area contributed by atoms with E-state index < -0.39 is 7.82 Å². The van der Waals surface area contributed by atoms with Gasteiger partial charge >= 0.3 is 18.9 Å². The van der Waals surface area contributed by atoms with Crippen LogP contribution in [0.15, 0.2) is 0 Å². The van der Waals surface area contributed by atoms with Crippen molar-refractivity contribution in [3.8, 4) is 0 Å². The van der Waals surface area contributed by atoms with Gasteiger partial charge in [0.2, 0.25) is 0 Å². The SMILES string of the molecule is O=P([O-])(O)O.[Li+].[SiH2]=S. The molecule has 0 bridgehead atoms. The normalized spacial score (nSPS) is 7.88. The number of hydrogen-bond donors (Lipinski definition) is 2. The van der Waals surface area contributed by atoms with Crippen LogP contribution in [0.25, 0.3) is 0 Å². The minimum absolute atomic E-state index is 0. The van der Waals surface area contributed by atoms with Gasteiger partial charge in [-0.05, 0) is 0 Å². The number of rotatable bonds is 0. The second kappa shape index (κ2) is 8.14. The molecule has 8 heteroatoms. The molecule has 0 unspecified atom stereocenters. The van der Waals surface area contributed by atoms with E-state index >= 15 is 0 Å². The Morgan fingerprint density at radius 2 is 1.50 bits per heavy atom. The van der Waals surface area contributed by atoms with Gasteiger partial charge in [0, 0.05) is 0 Å². The van der Waals surface area contributed by atoms with Crippen LogP contribution in [0.3, 0.4) is 0 Å². The van der Waals surface area contributed by atoms with Gasteiger partial charge in [0.05, 0.1) is 8.95 Å².